The largest absolute Gasteiger partial charge is 0.330 e. The normalized spacial score (nSPS) is 13.0. The molecule has 0 atom stereocenters. The molecule has 2 aromatic rings. The van der Waals surface area contributed by atoms with Crippen molar-refractivity contribution in [3.63, 3.8) is 0 Å². The summed E-state index contributed by atoms with van der Waals surface area (Å²) >= 11 is 0. The number of hydrogen-bond donors (Lipinski definition) is 1. The van der Waals surface area contributed by atoms with E-state index in [2.05, 4.69) is 41.3 Å². The van der Waals surface area contributed by atoms with Gasteiger partial charge < -0.3 is 4.89 Å². The summed E-state index contributed by atoms with van der Waals surface area (Å²) in [7, 11) is 0. The number of Topliss-reactive ketones (excluding diaryl/α,β-unsaturated/α-hetero) is 1. The van der Waals surface area contributed by atoms with Crippen LogP contribution in [0.4, 0.5) is 0 Å². The highest BCUT2D eigenvalue weighted by Gasteiger charge is 2.16. The van der Waals surface area contributed by atoms with E-state index >= 15 is 0 Å². The van der Waals surface area contributed by atoms with Gasteiger partial charge >= 0.3 is 6.47 Å². The Morgan fingerprint density at radius 3 is 1.96 bits per heavy atom. The molecule has 0 heterocycles. The Labute approximate surface area is 135 Å². The topological polar surface area (TPSA) is 63.6 Å². The lowest BCUT2D eigenvalue weighted by Crippen LogP contribution is -1.92. The van der Waals surface area contributed by atoms with Crippen LogP contribution in [0.2, 0.25) is 0 Å². The molecule has 0 radical (unpaired) electrons. The predicted molar refractivity (Wildman–Crippen MR) is 87.8 cm³/mol. The molecule has 0 aromatic heterocycles. The molecule has 23 heavy (non-hydrogen) atoms. The SMILES string of the molecule is C1=Cc2ccccc2C1.O=C1Cc2ccccc2C1.O=COO. The van der Waals surface area contributed by atoms with Gasteiger partial charge in [0.15, 0.2) is 0 Å². The Morgan fingerprint density at radius 1 is 0.913 bits per heavy atom. The van der Waals surface area contributed by atoms with Crippen LogP contribution in [0, 0.1) is 0 Å². The summed E-state index contributed by atoms with van der Waals surface area (Å²) in [5.41, 5.74) is 5.27. The minimum Gasteiger partial charge on any atom is -0.304 e. The Hall–Kier alpha value is -2.72. The first-order chi connectivity index (χ1) is 11.2. The van der Waals surface area contributed by atoms with Crippen molar-refractivity contribution < 1.29 is 19.7 Å². The Morgan fingerprint density at radius 2 is 1.43 bits per heavy atom. The lowest BCUT2D eigenvalue weighted by Gasteiger charge is -1.93. The van der Waals surface area contributed by atoms with Crippen molar-refractivity contribution >= 4 is 18.3 Å². The quantitative estimate of drug-likeness (QED) is 0.499. The molecule has 0 saturated carbocycles. The van der Waals surface area contributed by atoms with E-state index in [1.807, 2.05) is 24.3 Å². The van der Waals surface area contributed by atoms with Gasteiger partial charge in [-0.25, -0.2) is 5.26 Å². The van der Waals surface area contributed by atoms with Gasteiger partial charge in [-0.15, -0.1) is 0 Å². The summed E-state index contributed by atoms with van der Waals surface area (Å²) in [6.07, 6.45) is 6.79. The molecule has 2 aliphatic carbocycles. The summed E-state index contributed by atoms with van der Waals surface area (Å²) in [4.78, 5) is 22.5. The van der Waals surface area contributed by atoms with Gasteiger partial charge in [0.25, 0.3) is 0 Å². The maximum atomic E-state index is 10.9. The van der Waals surface area contributed by atoms with E-state index in [1.165, 1.54) is 22.3 Å². The van der Waals surface area contributed by atoms with E-state index in [0.717, 1.165) is 6.42 Å². The number of benzene rings is 2. The number of carbonyl (C=O) groups excluding carboxylic acids is 2. The van der Waals surface area contributed by atoms with Gasteiger partial charge in [0, 0.05) is 12.8 Å². The molecule has 4 rings (SSSR count). The molecule has 2 aromatic carbocycles. The molecule has 0 aliphatic heterocycles. The maximum Gasteiger partial charge on any atom is 0.330 e. The molecule has 0 amide bonds. The van der Waals surface area contributed by atoms with Gasteiger partial charge in [-0.3, -0.25) is 9.59 Å². The number of fused-ring (bicyclic) bond motifs is 2. The van der Waals surface area contributed by atoms with Gasteiger partial charge in [-0.05, 0) is 28.7 Å². The smallest absolute Gasteiger partial charge is 0.304 e. The summed E-state index contributed by atoms with van der Waals surface area (Å²) < 4.78 is 0. The predicted octanol–water partition coefficient (Wildman–Crippen LogP) is 3.24. The Kier molecular flexibility index (Phi) is 6.27. The van der Waals surface area contributed by atoms with Crippen LogP contribution in [0.5, 0.6) is 0 Å². The van der Waals surface area contributed by atoms with Crippen molar-refractivity contribution in [2.45, 2.75) is 19.3 Å². The molecule has 0 fully saturated rings. The monoisotopic (exact) mass is 310 g/mol. The first-order valence-electron chi connectivity index (χ1n) is 7.31. The second kappa shape index (κ2) is 8.66. The zero-order chi connectivity index (χ0) is 16.5. The molecule has 4 nitrogen and oxygen atoms in total. The second-order valence-electron chi connectivity index (χ2n) is 5.17. The number of hydrogen-bond acceptors (Lipinski definition) is 4. The molecular weight excluding hydrogens is 292 g/mol. The van der Waals surface area contributed by atoms with Crippen molar-refractivity contribution in [2.24, 2.45) is 0 Å². The zero-order valence-corrected chi connectivity index (χ0v) is 12.6. The molecule has 0 unspecified atom stereocenters. The molecular formula is C19H18O4. The summed E-state index contributed by atoms with van der Waals surface area (Å²) in [5, 5.41) is 7.01. The molecule has 118 valence electrons. The van der Waals surface area contributed by atoms with E-state index in [4.69, 9.17) is 10.1 Å². The highest BCUT2D eigenvalue weighted by Crippen LogP contribution is 2.18. The van der Waals surface area contributed by atoms with E-state index in [0.29, 0.717) is 18.6 Å². The molecule has 1 N–H and O–H groups in total. The minimum atomic E-state index is -0.0694. The van der Waals surface area contributed by atoms with Gasteiger partial charge in [-0.2, -0.15) is 0 Å². The van der Waals surface area contributed by atoms with Gasteiger partial charge in [-0.1, -0.05) is 60.7 Å². The Balaban J connectivity index is 0.000000137. The van der Waals surface area contributed by atoms with Crippen molar-refractivity contribution in [3.8, 4) is 0 Å². The summed E-state index contributed by atoms with van der Waals surface area (Å²) in [6, 6.07) is 16.5. The first-order valence-corrected chi connectivity index (χ1v) is 7.31. The summed E-state index contributed by atoms with van der Waals surface area (Å²) in [5.74, 6) is 0.348. The van der Waals surface area contributed by atoms with Crippen LogP contribution in [0.3, 0.4) is 0 Å². The van der Waals surface area contributed by atoms with Crippen molar-refractivity contribution in [1.82, 2.24) is 0 Å². The van der Waals surface area contributed by atoms with Crippen molar-refractivity contribution in [1.29, 1.82) is 0 Å². The van der Waals surface area contributed by atoms with Crippen LogP contribution >= 0.6 is 0 Å². The number of ketones is 1. The van der Waals surface area contributed by atoms with Gasteiger partial charge in [0.1, 0.15) is 5.78 Å². The van der Waals surface area contributed by atoms with Crippen LogP contribution in [-0.4, -0.2) is 17.5 Å². The standard InChI is InChI=1S/C9H8O.C9H8.CH2O3/c10-9-5-7-3-1-2-4-8(7)6-9;1-2-5-9-7-3-6-8(9)4-1;2-1-4-3/h1-4H,5-6H2;1-6H,7H2;1,3H. The minimum absolute atomic E-state index is 0.0694. The zero-order valence-electron chi connectivity index (χ0n) is 12.6. The van der Waals surface area contributed by atoms with Crippen LogP contribution in [0.1, 0.15) is 22.3 Å². The van der Waals surface area contributed by atoms with Crippen LogP contribution in [0.25, 0.3) is 6.08 Å². The highest BCUT2D eigenvalue weighted by atomic mass is 17.1. The third kappa shape index (κ3) is 4.90. The van der Waals surface area contributed by atoms with E-state index in [-0.39, 0.29) is 6.47 Å². The second-order valence-corrected chi connectivity index (χ2v) is 5.17. The Bertz CT molecular complexity index is 677. The fourth-order valence-electron chi connectivity index (χ4n) is 2.59. The van der Waals surface area contributed by atoms with Crippen LogP contribution in [0.15, 0.2) is 54.6 Å². The van der Waals surface area contributed by atoms with E-state index in [9.17, 15) is 4.79 Å². The fraction of sp³-hybridized carbons (Fsp3) is 0.158. The number of carbonyl (C=O) groups is 2. The van der Waals surface area contributed by atoms with Crippen molar-refractivity contribution in [3.05, 3.63) is 76.9 Å². The molecule has 4 heteroatoms. The lowest BCUT2D eigenvalue weighted by molar-refractivity contribution is -0.217. The molecule has 2 aliphatic rings. The highest BCUT2D eigenvalue weighted by molar-refractivity contribution is 5.87. The van der Waals surface area contributed by atoms with Gasteiger partial charge in [0.2, 0.25) is 0 Å². The van der Waals surface area contributed by atoms with E-state index < -0.39 is 0 Å². The van der Waals surface area contributed by atoms with Crippen LogP contribution < -0.4 is 0 Å². The van der Waals surface area contributed by atoms with Crippen LogP contribution in [-0.2, 0) is 33.7 Å². The average Bonchev–Trinajstić information content (AvgIpc) is 3.20. The van der Waals surface area contributed by atoms with Gasteiger partial charge in [0.05, 0.1) is 0 Å². The first kappa shape index (κ1) is 16.6. The fourth-order valence-corrected chi connectivity index (χ4v) is 2.59. The molecule has 0 spiro atoms. The third-order valence-corrected chi connectivity index (χ3v) is 3.63. The third-order valence-electron chi connectivity index (χ3n) is 3.63. The summed E-state index contributed by atoms with van der Waals surface area (Å²) in [6.45, 7) is -0.0694. The molecule has 0 saturated heterocycles. The van der Waals surface area contributed by atoms with Crippen molar-refractivity contribution in [2.75, 3.05) is 0 Å². The number of rotatable bonds is 1. The number of allylic oxidation sites excluding steroid dienone is 1. The molecule has 0 bridgehead atoms. The average molecular weight is 310 g/mol. The maximum absolute atomic E-state index is 10.9. The van der Waals surface area contributed by atoms with E-state index in [1.54, 1.807) is 0 Å². The lowest BCUT2D eigenvalue weighted by atomic mass is 10.1.